The Hall–Kier alpha value is -0.870. The highest BCUT2D eigenvalue weighted by Gasteiger charge is 2.39. The van der Waals surface area contributed by atoms with Gasteiger partial charge in [-0.3, -0.25) is 0 Å². The molecule has 0 aromatic rings. The van der Waals surface area contributed by atoms with E-state index >= 15 is 0 Å². The van der Waals surface area contributed by atoms with Crippen LogP contribution in [0.4, 0.5) is 22.0 Å². The number of hydrogen-bond donors (Lipinski definition) is 0. The molecule has 1 atom stereocenters. The Morgan fingerprint density at radius 3 is 0.794 bits per heavy atom. The number of halogens is 5. The van der Waals surface area contributed by atoms with Crippen molar-refractivity contribution in [2.24, 2.45) is 33.5 Å². The van der Waals surface area contributed by atoms with E-state index in [1.807, 2.05) is 20.8 Å². The molecule has 0 fully saturated rings. The molecule has 0 radical (unpaired) electrons. The van der Waals surface area contributed by atoms with Gasteiger partial charge in [-0.1, -0.05) is 123 Å². The minimum absolute atomic E-state index is 0.306. The summed E-state index contributed by atoms with van der Waals surface area (Å²) < 4.78 is 60.8. The second-order valence-corrected chi connectivity index (χ2v) is 13.8. The van der Waals surface area contributed by atoms with E-state index in [1.54, 1.807) is 6.92 Å². The molecular weight excluding hydrogens is 443 g/mol. The molecular formula is C29H57F5. The molecule has 1 unspecified atom stereocenters. The van der Waals surface area contributed by atoms with Crippen molar-refractivity contribution < 1.29 is 22.0 Å². The van der Waals surface area contributed by atoms with Crippen molar-refractivity contribution in [3.8, 4) is 0 Å². The van der Waals surface area contributed by atoms with Crippen LogP contribution in [0.1, 0.15) is 118 Å². The third-order valence-corrected chi connectivity index (χ3v) is 6.32. The number of alkyl halides is 5. The quantitative estimate of drug-likeness (QED) is 0.248. The Bertz CT molecular complexity index is 545. The third kappa shape index (κ3) is 22.9. The first-order valence-corrected chi connectivity index (χ1v) is 12.0. The first-order valence-electron chi connectivity index (χ1n) is 12.0. The molecule has 0 aliphatic rings. The topological polar surface area (TPSA) is 0 Å². The summed E-state index contributed by atoms with van der Waals surface area (Å²) in [6, 6.07) is 0. The lowest BCUT2D eigenvalue weighted by atomic mass is 9.79. The predicted octanol–water partition coefficient (Wildman–Crippen LogP) is 11.8. The number of allylic oxidation sites excluding steroid dienone is 2. The van der Waals surface area contributed by atoms with Crippen molar-refractivity contribution in [1.82, 2.24) is 0 Å². The summed E-state index contributed by atoms with van der Waals surface area (Å²) in [5.74, 6) is -2.33. The zero-order valence-corrected chi connectivity index (χ0v) is 25.5. The van der Waals surface area contributed by atoms with Crippen molar-refractivity contribution in [3.63, 3.8) is 0 Å². The van der Waals surface area contributed by atoms with Crippen LogP contribution in [-0.4, -0.2) is 12.1 Å². The van der Waals surface area contributed by atoms with Crippen LogP contribution in [0.5, 0.6) is 0 Å². The molecule has 0 saturated carbocycles. The van der Waals surface area contributed by atoms with Crippen molar-refractivity contribution in [1.29, 1.82) is 0 Å². The van der Waals surface area contributed by atoms with Gasteiger partial charge in [-0.05, 0) is 41.4 Å². The van der Waals surface area contributed by atoms with E-state index in [4.69, 9.17) is 0 Å². The SMILES string of the molecule is C=C(C(C)(C)C)C(F)(F)F.C=C(C)C(C)(C)C.CC(C(C)(C)C)C(C)(F)F.CC(C)C(C)(C)C. The summed E-state index contributed by atoms with van der Waals surface area (Å²) >= 11 is 0. The molecule has 0 aromatic heterocycles. The van der Waals surface area contributed by atoms with Gasteiger partial charge in [0.25, 0.3) is 0 Å². The summed E-state index contributed by atoms with van der Waals surface area (Å²) in [4.78, 5) is 0. The fraction of sp³-hybridized carbons (Fsp3) is 0.862. The lowest BCUT2D eigenvalue weighted by Gasteiger charge is -2.31. The maximum Gasteiger partial charge on any atom is 0.412 e. The minimum atomic E-state index is -4.25. The van der Waals surface area contributed by atoms with Crippen molar-refractivity contribution in [3.05, 3.63) is 24.3 Å². The standard InChI is InChI=1S/C8H16F2.C7H11F3.C7H16.C7H14/c1-6(7(2,3)4)8(5,9)10;1-5(6(2,3)4)7(8,9)10;2*1-6(2)7(3,4)5/h6H,1-5H3;1H2,2-4H3;6H,1-5H3;1H2,2-5H3. The molecule has 0 bridgehead atoms. The van der Waals surface area contributed by atoms with Crippen LogP contribution < -0.4 is 0 Å². The van der Waals surface area contributed by atoms with Crippen LogP contribution in [0.3, 0.4) is 0 Å². The average Bonchev–Trinajstić information content (AvgIpc) is 2.49. The Morgan fingerprint density at radius 2 is 0.794 bits per heavy atom. The van der Waals surface area contributed by atoms with Crippen molar-refractivity contribution >= 4 is 0 Å². The van der Waals surface area contributed by atoms with Crippen LogP contribution >= 0.6 is 0 Å². The number of hydrogen-bond acceptors (Lipinski definition) is 0. The van der Waals surface area contributed by atoms with E-state index in [-0.39, 0.29) is 5.41 Å². The summed E-state index contributed by atoms with van der Waals surface area (Å²) in [7, 11) is 0. The van der Waals surface area contributed by atoms with Crippen LogP contribution in [0.2, 0.25) is 0 Å². The van der Waals surface area contributed by atoms with E-state index in [2.05, 4.69) is 75.5 Å². The van der Waals surface area contributed by atoms with E-state index in [1.165, 1.54) is 26.3 Å². The molecule has 0 saturated heterocycles. The monoisotopic (exact) mass is 500 g/mol. The highest BCUT2D eigenvalue weighted by atomic mass is 19.4. The van der Waals surface area contributed by atoms with Gasteiger partial charge < -0.3 is 0 Å². The van der Waals surface area contributed by atoms with Crippen LogP contribution in [0.25, 0.3) is 0 Å². The Morgan fingerprint density at radius 1 is 0.559 bits per heavy atom. The largest absolute Gasteiger partial charge is 0.412 e. The molecule has 0 heterocycles. The smallest absolute Gasteiger partial charge is 0.207 e. The zero-order chi connectivity index (χ0) is 29.3. The fourth-order valence-electron chi connectivity index (χ4n) is 1.19. The molecule has 0 nitrogen and oxygen atoms in total. The Balaban J connectivity index is -0.000000179. The van der Waals surface area contributed by atoms with Gasteiger partial charge in [-0.25, -0.2) is 8.78 Å². The fourth-order valence-corrected chi connectivity index (χ4v) is 1.19. The summed E-state index contributed by atoms with van der Waals surface area (Å²) in [6.07, 6.45) is -4.25. The van der Waals surface area contributed by atoms with E-state index in [0.29, 0.717) is 10.8 Å². The van der Waals surface area contributed by atoms with Crippen molar-refractivity contribution in [2.45, 2.75) is 130 Å². The van der Waals surface area contributed by atoms with Gasteiger partial charge in [0.1, 0.15) is 0 Å². The Kier molecular flexibility index (Phi) is 16.6. The van der Waals surface area contributed by atoms with Gasteiger partial charge in [0.2, 0.25) is 5.92 Å². The number of rotatable bonds is 1. The molecule has 5 heteroatoms. The molecule has 0 aliphatic heterocycles. The highest BCUT2D eigenvalue weighted by Crippen LogP contribution is 2.38. The van der Waals surface area contributed by atoms with Crippen LogP contribution in [0.15, 0.2) is 24.3 Å². The second kappa shape index (κ2) is 14.0. The molecule has 208 valence electrons. The second-order valence-electron chi connectivity index (χ2n) is 13.8. The molecule has 0 rings (SSSR count). The molecule has 0 aliphatic carbocycles. The lowest BCUT2D eigenvalue weighted by Crippen LogP contribution is -2.32. The molecule has 0 spiro atoms. The van der Waals surface area contributed by atoms with Crippen LogP contribution in [-0.2, 0) is 0 Å². The van der Waals surface area contributed by atoms with Gasteiger partial charge in [0.15, 0.2) is 0 Å². The van der Waals surface area contributed by atoms with E-state index in [9.17, 15) is 22.0 Å². The first-order chi connectivity index (χ1) is 14.2. The molecule has 0 aromatic carbocycles. The van der Waals surface area contributed by atoms with Gasteiger partial charge in [0.05, 0.1) is 0 Å². The highest BCUT2D eigenvalue weighted by molar-refractivity contribution is 5.11. The van der Waals surface area contributed by atoms with Gasteiger partial charge >= 0.3 is 6.18 Å². The first kappa shape index (κ1) is 40.3. The van der Waals surface area contributed by atoms with Crippen molar-refractivity contribution in [2.75, 3.05) is 0 Å². The molecule has 0 N–H and O–H groups in total. The Labute approximate surface area is 209 Å². The normalized spacial score (nSPS) is 14.0. The van der Waals surface area contributed by atoms with Gasteiger partial charge in [0, 0.05) is 11.5 Å². The summed E-state index contributed by atoms with van der Waals surface area (Å²) in [5, 5.41) is 0. The molecule has 34 heavy (non-hydrogen) atoms. The lowest BCUT2D eigenvalue weighted by molar-refractivity contribution is -0.103. The average molecular weight is 501 g/mol. The molecule has 0 amide bonds. The minimum Gasteiger partial charge on any atom is -0.207 e. The van der Waals surface area contributed by atoms with Crippen LogP contribution in [0, 0.1) is 33.5 Å². The predicted molar refractivity (Wildman–Crippen MR) is 142 cm³/mol. The third-order valence-electron chi connectivity index (χ3n) is 6.32. The van der Waals surface area contributed by atoms with Gasteiger partial charge in [-0.2, -0.15) is 13.2 Å². The van der Waals surface area contributed by atoms with E-state index < -0.39 is 29.0 Å². The van der Waals surface area contributed by atoms with Gasteiger partial charge in [-0.15, -0.1) is 0 Å². The van der Waals surface area contributed by atoms with E-state index in [0.717, 1.165) is 12.8 Å². The maximum atomic E-state index is 12.6. The summed E-state index contributed by atoms with van der Waals surface area (Å²) in [6.45, 7) is 39.1. The maximum absolute atomic E-state index is 12.6. The summed E-state index contributed by atoms with van der Waals surface area (Å²) in [5.41, 5.74) is 0.184. The zero-order valence-electron chi connectivity index (χ0n) is 25.5.